The van der Waals surface area contributed by atoms with Gasteiger partial charge < -0.3 is 23.8 Å². The molecule has 3 aromatic rings. The summed E-state index contributed by atoms with van der Waals surface area (Å²) >= 11 is 0. The number of ether oxygens (including phenoxy) is 4. The predicted molar refractivity (Wildman–Crippen MR) is 153 cm³/mol. The van der Waals surface area contributed by atoms with Gasteiger partial charge in [0.2, 0.25) is 0 Å². The molecule has 1 saturated heterocycles. The summed E-state index contributed by atoms with van der Waals surface area (Å²) in [5.41, 5.74) is 2.67. The van der Waals surface area contributed by atoms with E-state index in [1.807, 2.05) is 54.6 Å². The van der Waals surface area contributed by atoms with Crippen LogP contribution in [0, 0.1) is 6.92 Å². The van der Waals surface area contributed by atoms with Crippen LogP contribution in [0.2, 0.25) is 0 Å². The first-order valence-corrected chi connectivity index (χ1v) is 13.7. The van der Waals surface area contributed by atoms with Crippen LogP contribution in [0.15, 0.2) is 54.6 Å². The first-order chi connectivity index (χ1) is 19.4. The molecule has 0 aliphatic carbocycles. The van der Waals surface area contributed by atoms with Crippen molar-refractivity contribution in [2.75, 3.05) is 60.2 Å². The van der Waals surface area contributed by atoms with Gasteiger partial charge in [-0.25, -0.2) is 4.79 Å². The molecule has 0 N–H and O–H groups in total. The second-order valence-corrected chi connectivity index (χ2v) is 9.83. The van der Waals surface area contributed by atoms with Crippen LogP contribution in [0.5, 0.6) is 11.5 Å². The fourth-order valence-electron chi connectivity index (χ4n) is 4.68. The molecule has 1 aliphatic heterocycles. The molecule has 2 aromatic carbocycles. The number of aromatic nitrogens is 1. The Morgan fingerprint density at radius 2 is 1.65 bits per heavy atom. The molecule has 4 rings (SSSR count). The van der Waals surface area contributed by atoms with Crippen molar-refractivity contribution in [3.63, 3.8) is 0 Å². The van der Waals surface area contributed by atoms with Crippen LogP contribution in [-0.4, -0.2) is 86.4 Å². The minimum absolute atomic E-state index is 0.180. The highest BCUT2D eigenvalue weighted by molar-refractivity contribution is 6.01. The Bertz CT molecular complexity index is 1260. The highest BCUT2D eigenvalue weighted by Gasteiger charge is 2.32. The van der Waals surface area contributed by atoms with Crippen LogP contribution in [0.4, 0.5) is 0 Å². The Hall–Kier alpha value is -3.82. The van der Waals surface area contributed by atoms with Crippen molar-refractivity contribution < 1.29 is 28.5 Å². The van der Waals surface area contributed by atoms with Crippen LogP contribution in [-0.2, 0) is 16.1 Å². The molecule has 0 unspecified atom stereocenters. The summed E-state index contributed by atoms with van der Waals surface area (Å²) in [5.74, 6) is 0.236. The lowest BCUT2D eigenvalue weighted by atomic mass is 10.2. The number of morpholine rings is 1. The minimum Gasteiger partial charge on any atom is -0.494 e. The minimum atomic E-state index is -0.560. The number of hydrogen-bond acceptors (Lipinski definition) is 7. The molecule has 1 fully saturated rings. The molecule has 1 aromatic heterocycles. The van der Waals surface area contributed by atoms with E-state index in [0.717, 1.165) is 44.8 Å². The van der Waals surface area contributed by atoms with Gasteiger partial charge in [-0.1, -0.05) is 30.3 Å². The third kappa shape index (κ3) is 7.03. The van der Waals surface area contributed by atoms with Gasteiger partial charge in [0.1, 0.15) is 18.1 Å². The topological polar surface area (TPSA) is 82.5 Å². The van der Waals surface area contributed by atoms with Gasteiger partial charge >= 0.3 is 5.97 Å². The standard InChI is InChI=1S/C31H39N3O6/c1-5-38-31(36)28-29(40-22-24-10-7-6-8-11-24)23(2)27(30(35)32(3)4)34(28)25-12-14-26(15-13-25)39-19-9-16-33-17-20-37-21-18-33/h6-8,10-15H,5,9,16-22H2,1-4H3. The molecule has 1 amide bonds. The lowest BCUT2D eigenvalue weighted by Crippen LogP contribution is -2.37. The van der Waals surface area contributed by atoms with Gasteiger partial charge in [0, 0.05) is 45.0 Å². The van der Waals surface area contributed by atoms with Crippen LogP contribution in [0.3, 0.4) is 0 Å². The average molecular weight is 550 g/mol. The number of carbonyl (C=O) groups excluding carboxylic acids is 2. The molecule has 0 radical (unpaired) electrons. The maximum atomic E-state index is 13.4. The van der Waals surface area contributed by atoms with E-state index in [-0.39, 0.29) is 24.8 Å². The molecule has 214 valence electrons. The summed E-state index contributed by atoms with van der Waals surface area (Å²) in [7, 11) is 3.36. The summed E-state index contributed by atoms with van der Waals surface area (Å²) < 4.78 is 24.7. The second-order valence-electron chi connectivity index (χ2n) is 9.83. The van der Waals surface area contributed by atoms with Crippen molar-refractivity contribution in [3.8, 4) is 17.2 Å². The molecule has 0 atom stereocenters. The van der Waals surface area contributed by atoms with Gasteiger partial charge in [-0.05, 0) is 50.1 Å². The second kappa shape index (κ2) is 14.0. The first kappa shape index (κ1) is 29.2. The molecule has 9 nitrogen and oxygen atoms in total. The van der Waals surface area contributed by atoms with Crippen LogP contribution in [0.25, 0.3) is 5.69 Å². The number of esters is 1. The lowest BCUT2D eigenvalue weighted by molar-refractivity contribution is 0.0358. The number of benzene rings is 2. The predicted octanol–water partition coefficient (Wildman–Crippen LogP) is 4.34. The number of hydrogen-bond donors (Lipinski definition) is 0. The Balaban J connectivity index is 1.62. The number of amides is 1. The van der Waals surface area contributed by atoms with Gasteiger partial charge in [0.25, 0.3) is 5.91 Å². The SMILES string of the molecule is CCOC(=O)c1c(OCc2ccccc2)c(C)c(C(=O)N(C)C)n1-c1ccc(OCCCN2CCOCC2)cc1. The molecular formula is C31H39N3O6. The molecule has 9 heteroatoms. The van der Waals surface area contributed by atoms with Crippen molar-refractivity contribution in [3.05, 3.63) is 77.1 Å². The zero-order chi connectivity index (χ0) is 28.5. The smallest absolute Gasteiger partial charge is 0.359 e. The average Bonchev–Trinajstić information content (AvgIpc) is 3.27. The van der Waals surface area contributed by atoms with Crippen LogP contribution >= 0.6 is 0 Å². The summed E-state index contributed by atoms with van der Waals surface area (Å²) in [5, 5.41) is 0. The van der Waals surface area contributed by atoms with E-state index >= 15 is 0 Å². The summed E-state index contributed by atoms with van der Waals surface area (Å²) in [4.78, 5) is 30.6. The van der Waals surface area contributed by atoms with Gasteiger partial charge in [-0.3, -0.25) is 14.3 Å². The van der Waals surface area contributed by atoms with E-state index in [9.17, 15) is 9.59 Å². The summed E-state index contributed by atoms with van der Waals surface area (Å²) in [6, 6.07) is 17.1. The van der Waals surface area contributed by atoms with E-state index in [1.54, 1.807) is 32.5 Å². The fourth-order valence-corrected chi connectivity index (χ4v) is 4.68. The maximum Gasteiger partial charge on any atom is 0.359 e. The highest BCUT2D eigenvalue weighted by Crippen LogP contribution is 2.35. The van der Waals surface area contributed by atoms with Crippen molar-refractivity contribution in [1.29, 1.82) is 0 Å². The van der Waals surface area contributed by atoms with E-state index in [4.69, 9.17) is 18.9 Å². The Morgan fingerprint density at radius 3 is 2.30 bits per heavy atom. The molecular weight excluding hydrogens is 510 g/mol. The fraction of sp³-hybridized carbons (Fsp3) is 0.419. The summed E-state index contributed by atoms with van der Waals surface area (Å²) in [6.07, 6.45) is 0.912. The maximum absolute atomic E-state index is 13.4. The molecule has 40 heavy (non-hydrogen) atoms. The van der Waals surface area contributed by atoms with Crippen LogP contribution < -0.4 is 9.47 Å². The third-order valence-electron chi connectivity index (χ3n) is 6.75. The zero-order valence-electron chi connectivity index (χ0n) is 23.9. The highest BCUT2D eigenvalue weighted by atomic mass is 16.5. The van der Waals surface area contributed by atoms with E-state index in [0.29, 0.717) is 35.1 Å². The monoisotopic (exact) mass is 549 g/mol. The largest absolute Gasteiger partial charge is 0.494 e. The Labute approximate surface area is 236 Å². The van der Waals surface area contributed by atoms with Gasteiger partial charge in [-0.2, -0.15) is 0 Å². The Kier molecular flexibility index (Phi) is 10.2. The van der Waals surface area contributed by atoms with Crippen molar-refractivity contribution >= 4 is 11.9 Å². The third-order valence-corrected chi connectivity index (χ3v) is 6.75. The first-order valence-electron chi connectivity index (χ1n) is 13.7. The van der Waals surface area contributed by atoms with Crippen LogP contribution in [0.1, 0.15) is 45.4 Å². The molecule has 0 bridgehead atoms. The van der Waals surface area contributed by atoms with Crippen molar-refractivity contribution in [2.24, 2.45) is 0 Å². The van der Waals surface area contributed by atoms with E-state index in [1.165, 1.54) is 4.90 Å². The van der Waals surface area contributed by atoms with Gasteiger partial charge in [0.05, 0.1) is 26.4 Å². The number of nitrogens with zero attached hydrogens (tertiary/aromatic N) is 3. The Morgan fingerprint density at radius 1 is 0.950 bits per heavy atom. The normalized spacial score (nSPS) is 13.6. The summed E-state index contributed by atoms with van der Waals surface area (Å²) in [6.45, 7) is 9.02. The zero-order valence-corrected chi connectivity index (χ0v) is 23.9. The van der Waals surface area contributed by atoms with Gasteiger partial charge in [0.15, 0.2) is 11.4 Å². The molecule has 2 heterocycles. The van der Waals surface area contributed by atoms with Crippen molar-refractivity contribution in [1.82, 2.24) is 14.4 Å². The molecule has 1 aliphatic rings. The number of rotatable bonds is 12. The van der Waals surface area contributed by atoms with E-state index in [2.05, 4.69) is 4.90 Å². The molecule has 0 spiro atoms. The van der Waals surface area contributed by atoms with E-state index < -0.39 is 5.97 Å². The van der Waals surface area contributed by atoms with Crippen molar-refractivity contribution in [2.45, 2.75) is 26.9 Å². The molecule has 0 saturated carbocycles. The van der Waals surface area contributed by atoms with Gasteiger partial charge in [-0.15, -0.1) is 0 Å². The number of carbonyl (C=O) groups is 2. The quantitative estimate of drug-likeness (QED) is 0.246. The lowest BCUT2D eigenvalue weighted by Gasteiger charge is -2.26.